The fourth-order valence-corrected chi connectivity index (χ4v) is 2.53. The smallest absolute Gasteiger partial charge is 0.144 e. The molecule has 0 unspecified atom stereocenters. The van der Waals surface area contributed by atoms with Gasteiger partial charge in [-0.15, -0.1) is 0 Å². The van der Waals surface area contributed by atoms with E-state index in [1.807, 2.05) is 13.0 Å². The molecule has 3 nitrogen and oxygen atoms in total. The van der Waals surface area contributed by atoms with Crippen molar-refractivity contribution in [1.29, 1.82) is 5.26 Å². The predicted molar refractivity (Wildman–Crippen MR) is 68.8 cm³/mol. The van der Waals surface area contributed by atoms with Crippen LogP contribution >= 0.6 is 0 Å². The molecule has 2 rings (SSSR count). The fourth-order valence-electron chi connectivity index (χ4n) is 2.53. The molecule has 1 saturated carbocycles. The van der Waals surface area contributed by atoms with Crippen molar-refractivity contribution in [3.63, 3.8) is 0 Å². The van der Waals surface area contributed by atoms with Crippen molar-refractivity contribution in [1.82, 2.24) is 4.98 Å². The summed E-state index contributed by atoms with van der Waals surface area (Å²) < 4.78 is 0. The number of anilines is 1. The molecule has 1 heterocycles. The molecule has 0 bridgehead atoms. The lowest BCUT2D eigenvalue weighted by Gasteiger charge is -2.11. The number of aromatic nitrogens is 1. The second kappa shape index (κ2) is 5.67. The van der Waals surface area contributed by atoms with Crippen LogP contribution in [0.5, 0.6) is 0 Å². The van der Waals surface area contributed by atoms with Gasteiger partial charge in [0.15, 0.2) is 0 Å². The Morgan fingerprint density at radius 3 is 2.94 bits per heavy atom. The molecule has 1 aromatic heterocycles. The van der Waals surface area contributed by atoms with Crippen LogP contribution in [0.25, 0.3) is 0 Å². The first-order valence-corrected chi connectivity index (χ1v) is 6.41. The number of hydrogen-bond acceptors (Lipinski definition) is 3. The normalized spacial score (nSPS) is 15.8. The summed E-state index contributed by atoms with van der Waals surface area (Å²) in [7, 11) is 0. The largest absolute Gasteiger partial charge is 0.369 e. The van der Waals surface area contributed by atoms with E-state index >= 15 is 0 Å². The Morgan fingerprint density at radius 1 is 1.47 bits per heavy atom. The SMILES string of the molecule is Cc1ccnc(NCCC2CCCC2)c1C#N. The van der Waals surface area contributed by atoms with Crippen LogP contribution in [0.15, 0.2) is 12.3 Å². The van der Waals surface area contributed by atoms with E-state index in [0.29, 0.717) is 5.56 Å². The first-order valence-electron chi connectivity index (χ1n) is 6.41. The highest BCUT2D eigenvalue weighted by Crippen LogP contribution is 2.27. The van der Waals surface area contributed by atoms with Crippen molar-refractivity contribution in [3.8, 4) is 6.07 Å². The molecule has 0 amide bonds. The molecule has 0 radical (unpaired) electrons. The van der Waals surface area contributed by atoms with Crippen LogP contribution in [0.3, 0.4) is 0 Å². The minimum atomic E-state index is 0.680. The minimum Gasteiger partial charge on any atom is -0.369 e. The van der Waals surface area contributed by atoms with E-state index < -0.39 is 0 Å². The summed E-state index contributed by atoms with van der Waals surface area (Å²) in [6.07, 6.45) is 8.46. The topological polar surface area (TPSA) is 48.7 Å². The lowest BCUT2D eigenvalue weighted by molar-refractivity contribution is 0.518. The van der Waals surface area contributed by atoms with Crippen LogP contribution < -0.4 is 5.32 Å². The van der Waals surface area contributed by atoms with Crippen molar-refractivity contribution >= 4 is 5.82 Å². The van der Waals surface area contributed by atoms with Crippen molar-refractivity contribution in [2.24, 2.45) is 5.92 Å². The summed E-state index contributed by atoms with van der Waals surface area (Å²) in [6.45, 7) is 2.87. The van der Waals surface area contributed by atoms with Gasteiger partial charge in [-0.1, -0.05) is 25.7 Å². The van der Waals surface area contributed by atoms with Crippen molar-refractivity contribution < 1.29 is 0 Å². The number of hydrogen-bond donors (Lipinski definition) is 1. The zero-order valence-corrected chi connectivity index (χ0v) is 10.4. The molecular weight excluding hydrogens is 210 g/mol. The van der Waals surface area contributed by atoms with E-state index in [4.69, 9.17) is 5.26 Å². The second-order valence-electron chi connectivity index (χ2n) is 4.83. The standard InChI is InChI=1S/C14H19N3/c1-11-6-8-16-14(13(11)10-15)17-9-7-12-4-2-3-5-12/h6,8,12H,2-5,7,9H2,1H3,(H,16,17). The first-order chi connectivity index (χ1) is 8.31. The van der Waals surface area contributed by atoms with Crippen LogP contribution in [-0.4, -0.2) is 11.5 Å². The number of nitrogens with one attached hydrogen (secondary N) is 1. The lowest BCUT2D eigenvalue weighted by atomic mass is 10.0. The molecule has 1 fully saturated rings. The molecule has 0 saturated heterocycles. The van der Waals surface area contributed by atoms with Crippen molar-refractivity contribution in [3.05, 3.63) is 23.4 Å². The third kappa shape index (κ3) is 2.97. The van der Waals surface area contributed by atoms with Crippen LogP contribution in [0.4, 0.5) is 5.82 Å². The van der Waals surface area contributed by atoms with Gasteiger partial charge in [0.2, 0.25) is 0 Å². The third-order valence-corrected chi connectivity index (χ3v) is 3.59. The average Bonchev–Trinajstić information content (AvgIpc) is 2.82. The van der Waals surface area contributed by atoms with E-state index in [2.05, 4.69) is 16.4 Å². The second-order valence-corrected chi connectivity index (χ2v) is 4.83. The Kier molecular flexibility index (Phi) is 3.98. The molecule has 0 spiro atoms. The maximum absolute atomic E-state index is 9.08. The molecule has 0 aromatic carbocycles. The molecule has 0 atom stereocenters. The number of pyridine rings is 1. The maximum Gasteiger partial charge on any atom is 0.144 e. The summed E-state index contributed by atoms with van der Waals surface area (Å²) in [4.78, 5) is 4.24. The monoisotopic (exact) mass is 229 g/mol. The quantitative estimate of drug-likeness (QED) is 0.862. The molecule has 17 heavy (non-hydrogen) atoms. The van der Waals surface area contributed by atoms with Gasteiger partial charge in [0.1, 0.15) is 11.9 Å². The van der Waals surface area contributed by atoms with Gasteiger partial charge in [-0.2, -0.15) is 5.26 Å². The summed E-state index contributed by atoms with van der Waals surface area (Å²) in [6, 6.07) is 4.09. The molecule has 1 aliphatic carbocycles. The van der Waals surface area contributed by atoms with Crippen molar-refractivity contribution in [2.45, 2.75) is 39.0 Å². The number of nitriles is 1. The van der Waals surface area contributed by atoms with Crippen LogP contribution in [0.2, 0.25) is 0 Å². The predicted octanol–water partition coefficient (Wildman–Crippen LogP) is 3.25. The van der Waals surface area contributed by atoms with Gasteiger partial charge in [-0.05, 0) is 30.9 Å². The molecule has 1 aliphatic rings. The van der Waals surface area contributed by atoms with Crippen molar-refractivity contribution in [2.75, 3.05) is 11.9 Å². The van der Waals surface area contributed by atoms with Gasteiger partial charge in [0.25, 0.3) is 0 Å². The van der Waals surface area contributed by atoms with Gasteiger partial charge in [0, 0.05) is 12.7 Å². The van der Waals surface area contributed by atoms with Gasteiger partial charge in [-0.3, -0.25) is 0 Å². The number of aryl methyl sites for hydroxylation is 1. The highest BCUT2D eigenvalue weighted by Gasteiger charge is 2.14. The Balaban J connectivity index is 1.90. The van der Waals surface area contributed by atoms with E-state index in [-0.39, 0.29) is 0 Å². The minimum absolute atomic E-state index is 0.680. The Bertz CT molecular complexity index is 414. The van der Waals surface area contributed by atoms with Crippen LogP contribution in [0.1, 0.15) is 43.2 Å². The average molecular weight is 229 g/mol. The molecule has 0 aliphatic heterocycles. The summed E-state index contributed by atoms with van der Waals surface area (Å²) >= 11 is 0. The zero-order valence-electron chi connectivity index (χ0n) is 10.4. The van der Waals surface area contributed by atoms with E-state index in [1.54, 1.807) is 6.20 Å². The maximum atomic E-state index is 9.08. The lowest BCUT2D eigenvalue weighted by Crippen LogP contribution is -2.09. The number of nitrogens with zero attached hydrogens (tertiary/aromatic N) is 2. The van der Waals surface area contributed by atoms with Gasteiger partial charge < -0.3 is 5.32 Å². The molecule has 3 heteroatoms. The summed E-state index contributed by atoms with van der Waals surface area (Å²) in [5.74, 6) is 1.61. The number of rotatable bonds is 4. The Labute approximate surface area is 103 Å². The first kappa shape index (κ1) is 11.9. The molecule has 1 aromatic rings. The van der Waals surface area contributed by atoms with Gasteiger partial charge in [-0.25, -0.2) is 4.98 Å². The molecule has 90 valence electrons. The highest BCUT2D eigenvalue weighted by molar-refractivity contribution is 5.55. The van der Waals surface area contributed by atoms with Gasteiger partial charge in [0.05, 0.1) is 5.56 Å². The van der Waals surface area contributed by atoms with E-state index in [0.717, 1.165) is 23.8 Å². The fraction of sp³-hybridized carbons (Fsp3) is 0.571. The Morgan fingerprint density at radius 2 is 2.24 bits per heavy atom. The Hall–Kier alpha value is -1.56. The van der Waals surface area contributed by atoms with Gasteiger partial charge >= 0.3 is 0 Å². The molecule has 1 N–H and O–H groups in total. The summed E-state index contributed by atoms with van der Waals surface area (Å²) in [5, 5.41) is 12.4. The van der Waals surface area contributed by atoms with Crippen LogP contribution in [0, 0.1) is 24.2 Å². The third-order valence-electron chi connectivity index (χ3n) is 3.59. The highest BCUT2D eigenvalue weighted by atomic mass is 15.0. The van der Waals surface area contributed by atoms with E-state index in [9.17, 15) is 0 Å². The summed E-state index contributed by atoms with van der Waals surface area (Å²) in [5.41, 5.74) is 1.67. The zero-order chi connectivity index (χ0) is 12.1. The van der Waals surface area contributed by atoms with E-state index in [1.165, 1.54) is 32.1 Å². The van der Waals surface area contributed by atoms with Crippen LogP contribution in [-0.2, 0) is 0 Å². The molecular formula is C14H19N3.